The highest BCUT2D eigenvalue weighted by Gasteiger charge is 2.44. The van der Waals surface area contributed by atoms with Gasteiger partial charge in [0.25, 0.3) is 0 Å². The minimum absolute atomic E-state index is 0.0958. The van der Waals surface area contributed by atoms with Crippen LogP contribution >= 0.6 is 0 Å². The molecule has 6 atom stereocenters. The van der Waals surface area contributed by atoms with Crippen LogP contribution in [-0.4, -0.2) is 89.0 Å². The third kappa shape index (κ3) is 28.9. The van der Waals surface area contributed by atoms with Crippen LogP contribution in [0.3, 0.4) is 0 Å². The molecule has 10 nitrogen and oxygen atoms in total. The molecule has 0 radical (unpaired) electrons. The quantitative estimate of drug-likeness (QED) is 0.0281. The molecular weight excluding hydrogens is 737 g/mol. The van der Waals surface area contributed by atoms with Crippen molar-refractivity contribution in [2.45, 2.75) is 173 Å². The molecule has 328 valence electrons. The maximum atomic E-state index is 12.7. The standard InChI is InChI=1S/C48H76O10/c1-3-5-7-9-11-13-15-17-19-20-21-22-23-25-27-29-31-33-35-37-44(51)57-41(40-56-48-47(54)46(53)45(52)42(38-49)58-48)39-55-43(50)36-34-32-30-28-26-24-18-16-14-12-10-8-6-4-2/h5,7,10-13,16-19,21-22,25,27,31,33,41-42,45-49,52-54H,3-4,6,8-9,14-15,20,23-24,26,28-30,32,34-40H2,1-2H3/b7-5+,12-10+,13-11+,18-16+,19-17+,22-21+,27-25+,33-31+/t41-,42-,45+,46?,47?,48-/m1/s1. The van der Waals surface area contributed by atoms with E-state index in [0.717, 1.165) is 83.5 Å². The van der Waals surface area contributed by atoms with Gasteiger partial charge in [0.15, 0.2) is 12.4 Å². The molecular formula is C48H76O10. The lowest BCUT2D eigenvalue weighted by Crippen LogP contribution is -2.59. The van der Waals surface area contributed by atoms with E-state index in [0.29, 0.717) is 12.8 Å². The number of aliphatic hydroxyl groups is 4. The Hall–Kier alpha value is -3.38. The number of rotatable bonds is 34. The van der Waals surface area contributed by atoms with Crippen LogP contribution in [0.15, 0.2) is 97.2 Å². The summed E-state index contributed by atoms with van der Waals surface area (Å²) in [5.74, 6) is -0.932. The molecule has 1 saturated heterocycles. The lowest BCUT2D eigenvalue weighted by Gasteiger charge is -2.39. The molecule has 0 aliphatic carbocycles. The Morgan fingerprint density at radius 3 is 1.60 bits per heavy atom. The first kappa shape index (κ1) is 52.6. The van der Waals surface area contributed by atoms with Crippen LogP contribution in [0.25, 0.3) is 0 Å². The Labute approximate surface area is 349 Å². The van der Waals surface area contributed by atoms with Crippen LogP contribution in [0.2, 0.25) is 0 Å². The lowest BCUT2D eigenvalue weighted by molar-refractivity contribution is -0.305. The van der Waals surface area contributed by atoms with E-state index in [1.165, 1.54) is 12.8 Å². The Bertz CT molecular complexity index is 1260. The second-order valence-corrected chi connectivity index (χ2v) is 14.4. The smallest absolute Gasteiger partial charge is 0.306 e. The average Bonchev–Trinajstić information content (AvgIpc) is 3.22. The van der Waals surface area contributed by atoms with Gasteiger partial charge in [-0.3, -0.25) is 9.59 Å². The molecule has 0 aromatic carbocycles. The van der Waals surface area contributed by atoms with E-state index < -0.39 is 55.4 Å². The van der Waals surface area contributed by atoms with Crippen LogP contribution in [0.4, 0.5) is 0 Å². The van der Waals surface area contributed by atoms with Crippen LogP contribution in [0.5, 0.6) is 0 Å². The fourth-order valence-electron chi connectivity index (χ4n) is 5.76. The van der Waals surface area contributed by atoms with E-state index in [1.54, 1.807) is 0 Å². The van der Waals surface area contributed by atoms with Crippen molar-refractivity contribution in [2.24, 2.45) is 0 Å². The van der Waals surface area contributed by atoms with Crippen molar-refractivity contribution in [1.82, 2.24) is 0 Å². The highest BCUT2D eigenvalue weighted by atomic mass is 16.7. The number of aliphatic hydroxyl groups excluding tert-OH is 4. The Kier molecular flexibility index (Phi) is 34.4. The van der Waals surface area contributed by atoms with Crippen molar-refractivity contribution in [1.29, 1.82) is 0 Å². The summed E-state index contributed by atoms with van der Waals surface area (Å²) < 4.78 is 22.0. The zero-order chi connectivity index (χ0) is 42.3. The highest BCUT2D eigenvalue weighted by Crippen LogP contribution is 2.22. The Morgan fingerprint density at radius 2 is 1.05 bits per heavy atom. The van der Waals surface area contributed by atoms with Gasteiger partial charge < -0.3 is 39.4 Å². The second kappa shape index (κ2) is 37.9. The minimum atomic E-state index is -1.62. The van der Waals surface area contributed by atoms with Crippen LogP contribution < -0.4 is 0 Å². The van der Waals surface area contributed by atoms with Gasteiger partial charge in [0, 0.05) is 12.8 Å². The van der Waals surface area contributed by atoms with Crippen molar-refractivity contribution in [3.63, 3.8) is 0 Å². The summed E-state index contributed by atoms with van der Waals surface area (Å²) in [6, 6.07) is 0. The number of carbonyl (C=O) groups excluding carboxylic acids is 2. The first-order valence-electron chi connectivity index (χ1n) is 21.8. The molecule has 0 amide bonds. The zero-order valence-corrected chi connectivity index (χ0v) is 35.5. The monoisotopic (exact) mass is 813 g/mol. The van der Waals surface area contributed by atoms with Gasteiger partial charge >= 0.3 is 11.9 Å². The van der Waals surface area contributed by atoms with E-state index in [-0.39, 0.29) is 26.1 Å². The van der Waals surface area contributed by atoms with Gasteiger partial charge in [-0.25, -0.2) is 0 Å². The molecule has 58 heavy (non-hydrogen) atoms. The van der Waals surface area contributed by atoms with Crippen LogP contribution in [0, 0.1) is 0 Å². The average molecular weight is 813 g/mol. The maximum absolute atomic E-state index is 12.7. The van der Waals surface area contributed by atoms with Gasteiger partial charge in [-0.05, 0) is 77.0 Å². The fraction of sp³-hybridized carbons (Fsp3) is 0.625. The fourth-order valence-corrected chi connectivity index (χ4v) is 5.76. The molecule has 0 bridgehead atoms. The zero-order valence-electron chi connectivity index (χ0n) is 35.5. The Balaban J connectivity index is 2.43. The topological polar surface area (TPSA) is 152 Å². The van der Waals surface area contributed by atoms with E-state index in [1.807, 2.05) is 12.2 Å². The molecule has 1 aliphatic heterocycles. The number of carbonyl (C=O) groups is 2. The van der Waals surface area contributed by atoms with E-state index in [2.05, 4.69) is 98.9 Å². The van der Waals surface area contributed by atoms with Crippen molar-refractivity contribution >= 4 is 11.9 Å². The molecule has 1 heterocycles. The summed E-state index contributed by atoms with van der Waals surface area (Å²) in [5.41, 5.74) is 0. The van der Waals surface area contributed by atoms with Crippen molar-refractivity contribution in [2.75, 3.05) is 19.8 Å². The molecule has 0 saturated carbocycles. The number of esters is 2. The highest BCUT2D eigenvalue weighted by molar-refractivity contribution is 5.70. The largest absolute Gasteiger partial charge is 0.462 e. The molecule has 10 heteroatoms. The van der Waals surface area contributed by atoms with E-state index in [9.17, 15) is 30.0 Å². The number of ether oxygens (including phenoxy) is 4. The lowest BCUT2D eigenvalue weighted by atomic mass is 9.99. The number of unbranched alkanes of at least 4 members (excludes halogenated alkanes) is 7. The molecule has 2 unspecified atom stereocenters. The summed E-state index contributed by atoms with van der Waals surface area (Å²) in [6.07, 6.45) is 42.8. The van der Waals surface area contributed by atoms with Gasteiger partial charge in [0.2, 0.25) is 0 Å². The van der Waals surface area contributed by atoms with Gasteiger partial charge in [-0.1, -0.05) is 143 Å². The third-order valence-electron chi connectivity index (χ3n) is 9.22. The number of allylic oxidation sites excluding steroid dienone is 16. The van der Waals surface area contributed by atoms with Crippen molar-refractivity contribution in [3.8, 4) is 0 Å². The van der Waals surface area contributed by atoms with Crippen LogP contribution in [-0.2, 0) is 28.5 Å². The SMILES string of the molecule is CC/C=C/C/C=C/C/C=C/C/C=C/C/C=C/C/C=C/CCC(=O)O[C@H](COC(=O)CCCCCCC/C=C/C/C=C/CCCC)CO[C@@H]1O[C@H](CO)[C@H](O)C(O)C1O. The number of hydrogen-bond donors (Lipinski definition) is 4. The summed E-state index contributed by atoms with van der Waals surface area (Å²) in [5, 5.41) is 40.0. The van der Waals surface area contributed by atoms with Gasteiger partial charge in [0.1, 0.15) is 31.0 Å². The third-order valence-corrected chi connectivity index (χ3v) is 9.22. The summed E-state index contributed by atoms with van der Waals surface area (Å²) >= 11 is 0. The molecule has 1 rings (SSSR count). The predicted molar refractivity (Wildman–Crippen MR) is 233 cm³/mol. The van der Waals surface area contributed by atoms with Crippen molar-refractivity contribution < 1.29 is 49.0 Å². The van der Waals surface area contributed by atoms with Crippen molar-refractivity contribution in [3.05, 3.63) is 97.2 Å². The van der Waals surface area contributed by atoms with E-state index in [4.69, 9.17) is 18.9 Å². The van der Waals surface area contributed by atoms with Gasteiger partial charge in [-0.15, -0.1) is 0 Å². The summed E-state index contributed by atoms with van der Waals surface area (Å²) in [4.78, 5) is 25.3. The van der Waals surface area contributed by atoms with Gasteiger partial charge in [0.05, 0.1) is 13.2 Å². The normalized spacial score (nSPS) is 21.1. The van der Waals surface area contributed by atoms with Crippen LogP contribution in [0.1, 0.15) is 136 Å². The Morgan fingerprint density at radius 1 is 0.552 bits per heavy atom. The predicted octanol–water partition coefficient (Wildman–Crippen LogP) is 9.16. The number of hydrogen-bond acceptors (Lipinski definition) is 10. The second-order valence-electron chi connectivity index (χ2n) is 14.4. The first-order valence-corrected chi connectivity index (χ1v) is 21.8. The van der Waals surface area contributed by atoms with E-state index >= 15 is 0 Å². The van der Waals surface area contributed by atoms with Gasteiger partial charge in [-0.2, -0.15) is 0 Å². The molecule has 0 aromatic rings. The first-order chi connectivity index (χ1) is 28.3. The molecule has 1 aliphatic rings. The maximum Gasteiger partial charge on any atom is 0.306 e. The summed E-state index contributed by atoms with van der Waals surface area (Å²) in [7, 11) is 0. The minimum Gasteiger partial charge on any atom is -0.462 e. The summed E-state index contributed by atoms with van der Waals surface area (Å²) in [6.45, 7) is 3.15. The molecule has 0 spiro atoms. The molecule has 4 N–H and O–H groups in total. The molecule has 0 aromatic heterocycles. The molecule has 1 fully saturated rings.